The number of nitrogens with zero attached hydrogens (tertiary/aromatic N) is 3. The van der Waals surface area contributed by atoms with E-state index in [1.165, 1.54) is 0 Å². The van der Waals surface area contributed by atoms with E-state index in [9.17, 15) is 0 Å². The average molecular weight is 571 g/mol. The maximum atomic E-state index is 8.46. The van der Waals surface area contributed by atoms with Crippen molar-refractivity contribution in [3.05, 3.63) is 139 Å². The SMILES string of the molecule is [2H]c1c([2H])c([2H])c(-c2ccc3c(c2)oc2c(-c4nc(-c5ccccc5)nc(-c5ccc6c(c5)oc5ccccc56)n4)cccc23)c([2H])c1[2H]. The number of fused-ring (bicyclic) bond motifs is 6. The summed E-state index contributed by atoms with van der Waals surface area (Å²) in [5.74, 6) is 1.40. The topological polar surface area (TPSA) is 65.0 Å². The summed E-state index contributed by atoms with van der Waals surface area (Å²) in [6.07, 6.45) is 0. The molecule has 44 heavy (non-hydrogen) atoms. The van der Waals surface area contributed by atoms with Crippen molar-refractivity contribution in [2.24, 2.45) is 0 Å². The van der Waals surface area contributed by atoms with Crippen molar-refractivity contribution in [2.75, 3.05) is 0 Å². The maximum Gasteiger partial charge on any atom is 0.167 e. The van der Waals surface area contributed by atoms with Gasteiger partial charge in [-0.1, -0.05) is 103 Å². The van der Waals surface area contributed by atoms with Gasteiger partial charge in [-0.25, -0.2) is 15.0 Å². The standard InChI is InChI=1S/C39H23N3O2/c1-3-10-24(11-4-1)26-18-20-30-31-15-9-16-32(36(31)44-35(30)22-26)39-41-37(25-12-5-2-6-13-25)40-38(42-39)27-19-21-29-28-14-7-8-17-33(28)43-34(29)23-27/h1-23H/i1D,3D,4D,10D,11D. The van der Waals surface area contributed by atoms with Crippen LogP contribution in [0.25, 0.3) is 89.2 Å². The van der Waals surface area contributed by atoms with Gasteiger partial charge in [0.1, 0.15) is 22.3 Å². The molecule has 0 aliphatic carbocycles. The fourth-order valence-corrected chi connectivity index (χ4v) is 5.73. The van der Waals surface area contributed by atoms with E-state index in [0.29, 0.717) is 39.8 Å². The van der Waals surface area contributed by atoms with Gasteiger partial charge in [-0.2, -0.15) is 0 Å². The molecule has 6 aromatic carbocycles. The van der Waals surface area contributed by atoms with Gasteiger partial charge in [-0.15, -0.1) is 0 Å². The van der Waals surface area contributed by atoms with Crippen LogP contribution in [0.2, 0.25) is 0 Å². The van der Waals surface area contributed by atoms with E-state index in [1.807, 2.05) is 97.1 Å². The number of aromatic nitrogens is 3. The zero-order chi connectivity index (χ0) is 33.4. The molecule has 0 saturated carbocycles. The number of benzene rings is 6. The predicted octanol–water partition coefficient (Wildman–Crippen LogP) is 10.3. The summed E-state index contributed by atoms with van der Waals surface area (Å²) in [4.78, 5) is 14.8. The van der Waals surface area contributed by atoms with Crippen LogP contribution < -0.4 is 0 Å². The van der Waals surface area contributed by atoms with Crippen LogP contribution in [0.1, 0.15) is 6.85 Å². The molecule has 0 saturated heterocycles. The van der Waals surface area contributed by atoms with Crippen LogP contribution in [0.3, 0.4) is 0 Å². The number of furan rings is 2. The molecule has 0 aliphatic heterocycles. The molecule has 0 fully saturated rings. The summed E-state index contributed by atoms with van der Waals surface area (Å²) in [6, 6.07) is 32.9. The first-order chi connectivity index (χ1) is 23.9. The summed E-state index contributed by atoms with van der Waals surface area (Å²) < 4.78 is 53.8. The van der Waals surface area contributed by atoms with Crippen molar-refractivity contribution in [3.63, 3.8) is 0 Å². The molecule has 0 aliphatic rings. The van der Waals surface area contributed by atoms with Gasteiger partial charge in [0.2, 0.25) is 0 Å². The Hall–Kier alpha value is -6.07. The second-order valence-electron chi connectivity index (χ2n) is 10.5. The van der Waals surface area contributed by atoms with Gasteiger partial charge in [-0.3, -0.25) is 0 Å². The number of para-hydroxylation sites is 2. The van der Waals surface area contributed by atoms with Crippen molar-refractivity contribution in [2.45, 2.75) is 0 Å². The van der Waals surface area contributed by atoms with Crippen LogP contribution in [-0.4, -0.2) is 15.0 Å². The van der Waals surface area contributed by atoms with Crippen LogP contribution >= 0.6 is 0 Å². The predicted molar refractivity (Wildman–Crippen MR) is 176 cm³/mol. The summed E-state index contributed by atoms with van der Waals surface area (Å²) >= 11 is 0. The van der Waals surface area contributed by atoms with E-state index >= 15 is 0 Å². The lowest BCUT2D eigenvalue weighted by molar-refractivity contribution is 0.668. The van der Waals surface area contributed by atoms with Crippen LogP contribution in [0.4, 0.5) is 0 Å². The molecular formula is C39H23N3O2. The largest absolute Gasteiger partial charge is 0.456 e. The molecule has 5 nitrogen and oxygen atoms in total. The third-order valence-corrected chi connectivity index (χ3v) is 7.83. The summed E-state index contributed by atoms with van der Waals surface area (Å²) in [5, 5.41) is 3.68. The van der Waals surface area contributed by atoms with Gasteiger partial charge in [-0.05, 0) is 47.5 Å². The van der Waals surface area contributed by atoms with E-state index in [0.717, 1.165) is 43.8 Å². The lowest BCUT2D eigenvalue weighted by Crippen LogP contribution is -2.00. The summed E-state index contributed by atoms with van der Waals surface area (Å²) in [6.45, 7) is 0. The Morgan fingerprint density at radius 1 is 0.432 bits per heavy atom. The van der Waals surface area contributed by atoms with Crippen LogP contribution in [0.15, 0.2) is 148 Å². The van der Waals surface area contributed by atoms with Crippen molar-refractivity contribution in [1.29, 1.82) is 0 Å². The molecule has 9 aromatic rings. The maximum absolute atomic E-state index is 8.46. The normalized spacial score (nSPS) is 13.2. The Balaban J connectivity index is 1.23. The third kappa shape index (κ3) is 3.98. The highest BCUT2D eigenvalue weighted by Gasteiger charge is 2.19. The van der Waals surface area contributed by atoms with E-state index in [4.69, 9.17) is 30.6 Å². The summed E-state index contributed by atoms with van der Waals surface area (Å²) in [7, 11) is 0. The fourth-order valence-electron chi connectivity index (χ4n) is 5.73. The fraction of sp³-hybridized carbons (Fsp3) is 0. The second kappa shape index (κ2) is 9.75. The molecule has 3 heterocycles. The Morgan fingerprint density at radius 3 is 1.93 bits per heavy atom. The van der Waals surface area contributed by atoms with Gasteiger partial charge in [0, 0.05) is 32.7 Å². The quantitative estimate of drug-likeness (QED) is 0.211. The Bertz CT molecular complexity index is 2760. The highest BCUT2D eigenvalue weighted by molar-refractivity contribution is 6.10. The molecule has 0 radical (unpaired) electrons. The highest BCUT2D eigenvalue weighted by Crippen LogP contribution is 2.38. The first-order valence-electron chi connectivity index (χ1n) is 16.6. The highest BCUT2D eigenvalue weighted by atomic mass is 16.3. The molecular weight excluding hydrogens is 542 g/mol. The van der Waals surface area contributed by atoms with Crippen molar-refractivity contribution in [3.8, 4) is 45.3 Å². The first kappa shape index (κ1) is 19.9. The molecule has 3 aromatic heterocycles. The van der Waals surface area contributed by atoms with Gasteiger partial charge >= 0.3 is 0 Å². The van der Waals surface area contributed by atoms with Crippen LogP contribution in [0, 0.1) is 0 Å². The Kier molecular flexibility index (Phi) is 4.42. The minimum Gasteiger partial charge on any atom is -0.456 e. The molecule has 0 atom stereocenters. The second-order valence-corrected chi connectivity index (χ2v) is 10.5. The van der Waals surface area contributed by atoms with Gasteiger partial charge in [0.25, 0.3) is 0 Å². The van der Waals surface area contributed by atoms with E-state index in [-0.39, 0.29) is 29.7 Å². The monoisotopic (exact) mass is 570 g/mol. The van der Waals surface area contributed by atoms with E-state index in [1.54, 1.807) is 12.1 Å². The minimum atomic E-state index is -0.433. The van der Waals surface area contributed by atoms with E-state index < -0.39 is 6.04 Å². The Labute approximate surface area is 259 Å². The zero-order valence-electron chi connectivity index (χ0n) is 28.1. The third-order valence-electron chi connectivity index (χ3n) is 7.83. The number of rotatable bonds is 4. The molecule has 0 amide bonds. The molecule has 0 bridgehead atoms. The van der Waals surface area contributed by atoms with Crippen molar-refractivity contribution < 1.29 is 15.7 Å². The smallest absolute Gasteiger partial charge is 0.167 e. The minimum absolute atomic E-state index is 0.115. The lowest BCUT2D eigenvalue weighted by Gasteiger charge is -2.08. The van der Waals surface area contributed by atoms with E-state index in [2.05, 4.69) is 0 Å². The first-order valence-corrected chi connectivity index (χ1v) is 14.1. The van der Waals surface area contributed by atoms with Crippen molar-refractivity contribution in [1.82, 2.24) is 15.0 Å². The molecule has 0 N–H and O–H groups in total. The Morgan fingerprint density at radius 2 is 1.07 bits per heavy atom. The molecule has 0 spiro atoms. The lowest BCUT2D eigenvalue weighted by atomic mass is 10.0. The average Bonchev–Trinajstić information content (AvgIpc) is 3.71. The van der Waals surface area contributed by atoms with Crippen molar-refractivity contribution >= 4 is 43.9 Å². The van der Waals surface area contributed by atoms with Gasteiger partial charge in [0.05, 0.1) is 12.4 Å². The molecule has 5 heteroatoms. The number of hydrogen-bond acceptors (Lipinski definition) is 5. The number of hydrogen-bond donors (Lipinski definition) is 0. The molecule has 206 valence electrons. The van der Waals surface area contributed by atoms with Crippen LogP contribution in [0.5, 0.6) is 0 Å². The van der Waals surface area contributed by atoms with Gasteiger partial charge < -0.3 is 8.83 Å². The van der Waals surface area contributed by atoms with Gasteiger partial charge in [0.15, 0.2) is 17.5 Å². The van der Waals surface area contributed by atoms with Crippen LogP contribution in [-0.2, 0) is 0 Å². The molecule has 9 rings (SSSR count). The summed E-state index contributed by atoms with van der Waals surface area (Å²) in [5.41, 5.74) is 5.43. The molecule has 0 unspecified atom stereocenters. The zero-order valence-corrected chi connectivity index (χ0v) is 23.1.